The Balaban J connectivity index is 0.903. The highest BCUT2D eigenvalue weighted by Crippen LogP contribution is 2.38. The van der Waals surface area contributed by atoms with Crippen LogP contribution < -0.4 is 20.4 Å². The molecule has 4 aromatic rings. The average molecular weight is 621 g/mol. The molecule has 3 aliphatic heterocycles. The smallest absolute Gasteiger partial charge is 0.252 e. The van der Waals surface area contributed by atoms with Crippen LogP contribution in [0, 0.1) is 6.92 Å². The molecular weight excluding hydrogens is 576 g/mol. The second-order valence-electron chi connectivity index (χ2n) is 13.3. The highest BCUT2D eigenvalue weighted by molar-refractivity contribution is 6.00. The molecule has 5 heterocycles. The van der Waals surface area contributed by atoms with E-state index in [2.05, 4.69) is 61.6 Å². The van der Waals surface area contributed by atoms with Crippen LogP contribution in [0.5, 0.6) is 0 Å². The number of aromatic nitrogens is 3. The number of imidazole rings is 1. The molecule has 7 rings (SSSR count). The van der Waals surface area contributed by atoms with Gasteiger partial charge in [-0.1, -0.05) is 12.1 Å². The van der Waals surface area contributed by atoms with E-state index in [9.17, 15) is 9.59 Å². The summed E-state index contributed by atoms with van der Waals surface area (Å²) in [5.41, 5.74) is 6.56. The molecule has 10 heteroatoms. The standard InChI is InChI=1S/C36H44N8O2/c1-24-31(11-12-32-34(24)39-23-42(32)3)36(46)40-27-20-29-9-10-30(21-27)44(29)33-13-6-26(22-38-33)35(45)37-15-14-25-4-7-28(8-5-25)43-18-16-41(2)17-19-43/h4-8,11-13,22-23,27,29-30H,9-10,14-21H2,1-3H3,(H,37,45)(H,40,46)/t27?,29-,30?/m0/s1. The van der Waals surface area contributed by atoms with Crippen molar-refractivity contribution in [3.63, 3.8) is 0 Å². The topological polar surface area (TPSA) is 98.6 Å². The fourth-order valence-electron chi connectivity index (χ4n) is 7.55. The number of likely N-dealkylation sites (N-methyl/N-ethyl adjacent to an activating group) is 1. The predicted octanol–water partition coefficient (Wildman–Crippen LogP) is 3.93. The van der Waals surface area contributed by atoms with E-state index in [-0.39, 0.29) is 17.9 Å². The van der Waals surface area contributed by atoms with Gasteiger partial charge in [-0.05, 0) is 93.6 Å². The van der Waals surface area contributed by atoms with Crippen molar-refractivity contribution in [3.8, 4) is 0 Å². The fourth-order valence-corrected chi connectivity index (χ4v) is 7.55. The molecule has 2 unspecified atom stereocenters. The fraction of sp³-hybridized carbons (Fsp3) is 0.444. The largest absolute Gasteiger partial charge is 0.369 e. The zero-order valence-corrected chi connectivity index (χ0v) is 27.1. The van der Waals surface area contributed by atoms with Crippen LogP contribution >= 0.6 is 0 Å². The van der Waals surface area contributed by atoms with Gasteiger partial charge in [-0.15, -0.1) is 0 Å². The van der Waals surface area contributed by atoms with Crippen molar-refractivity contribution in [2.75, 3.05) is 49.6 Å². The Bertz CT molecular complexity index is 1690. The Hall–Kier alpha value is -4.44. The number of aryl methyl sites for hydroxylation is 2. The summed E-state index contributed by atoms with van der Waals surface area (Å²) in [5.74, 6) is 0.779. The molecule has 3 saturated heterocycles. The Morgan fingerprint density at radius 1 is 0.870 bits per heavy atom. The second-order valence-corrected chi connectivity index (χ2v) is 13.3. The number of carbonyl (C=O) groups excluding carboxylic acids is 2. The number of carbonyl (C=O) groups is 2. The number of nitrogens with one attached hydrogen (secondary N) is 2. The number of rotatable bonds is 8. The summed E-state index contributed by atoms with van der Waals surface area (Å²) in [4.78, 5) is 42.6. The number of amides is 2. The monoisotopic (exact) mass is 620 g/mol. The molecule has 2 N–H and O–H groups in total. The molecule has 3 aliphatic rings. The first kappa shape index (κ1) is 30.2. The SMILES string of the molecule is Cc1c(C(=O)NC2CC3CC[C@@H](C2)N3c2ccc(C(=O)NCCc3ccc(N4CCN(C)CC4)cc3)cn2)ccc2c1ncn2C. The molecule has 2 amide bonds. The predicted molar refractivity (Wildman–Crippen MR) is 182 cm³/mol. The summed E-state index contributed by atoms with van der Waals surface area (Å²) in [7, 11) is 4.13. The number of hydrogen-bond donors (Lipinski definition) is 2. The van der Waals surface area contributed by atoms with Gasteiger partial charge < -0.3 is 29.9 Å². The Labute approximate surface area is 270 Å². The number of anilines is 2. The van der Waals surface area contributed by atoms with Gasteiger partial charge in [0, 0.05) is 75.3 Å². The van der Waals surface area contributed by atoms with E-state index in [1.807, 2.05) is 42.8 Å². The van der Waals surface area contributed by atoms with Crippen molar-refractivity contribution in [2.24, 2.45) is 7.05 Å². The van der Waals surface area contributed by atoms with Gasteiger partial charge in [0.25, 0.3) is 11.8 Å². The summed E-state index contributed by atoms with van der Waals surface area (Å²) in [6.07, 6.45) is 8.19. The first-order chi connectivity index (χ1) is 22.3. The van der Waals surface area contributed by atoms with Gasteiger partial charge >= 0.3 is 0 Å². The van der Waals surface area contributed by atoms with E-state index in [0.29, 0.717) is 29.8 Å². The van der Waals surface area contributed by atoms with Gasteiger partial charge in [-0.2, -0.15) is 0 Å². The van der Waals surface area contributed by atoms with E-state index < -0.39 is 0 Å². The number of benzene rings is 2. The average Bonchev–Trinajstić information content (AvgIpc) is 3.58. The first-order valence-corrected chi connectivity index (χ1v) is 16.6. The summed E-state index contributed by atoms with van der Waals surface area (Å²) in [5, 5.41) is 6.38. The number of pyridine rings is 1. The van der Waals surface area contributed by atoms with Crippen LogP contribution in [0.3, 0.4) is 0 Å². The van der Waals surface area contributed by atoms with E-state index in [1.165, 1.54) is 11.3 Å². The number of piperazine rings is 1. The van der Waals surface area contributed by atoms with Crippen molar-refractivity contribution in [3.05, 3.63) is 83.3 Å². The maximum Gasteiger partial charge on any atom is 0.252 e. The zero-order valence-electron chi connectivity index (χ0n) is 27.1. The van der Waals surface area contributed by atoms with Crippen LogP contribution in [-0.4, -0.2) is 89.1 Å². The molecule has 2 aromatic carbocycles. The molecule has 3 fully saturated rings. The van der Waals surface area contributed by atoms with Gasteiger partial charge in [0.2, 0.25) is 0 Å². The third-order valence-electron chi connectivity index (χ3n) is 10.2. The maximum absolute atomic E-state index is 13.3. The van der Waals surface area contributed by atoms with E-state index >= 15 is 0 Å². The molecule has 2 bridgehead atoms. The number of piperidine rings is 1. The summed E-state index contributed by atoms with van der Waals surface area (Å²) in [6, 6.07) is 17.2. The molecule has 0 radical (unpaired) electrons. The molecule has 240 valence electrons. The van der Waals surface area contributed by atoms with E-state index in [0.717, 1.165) is 80.7 Å². The lowest BCUT2D eigenvalue weighted by Crippen LogP contribution is -2.50. The lowest BCUT2D eigenvalue weighted by atomic mass is 9.96. The Morgan fingerprint density at radius 2 is 1.61 bits per heavy atom. The zero-order chi connectivity index (χ0) is 31.8. The molecule has 10 nitrogen and oxygen atoms in total. The van der Waals surface area contributed by atoms with Gasteiger partial charge in [-0.25, -0.2) is 9.97 Å². The molecule has 46 heavy (non-hydrogen) atoms. The molecule has 3 atom stereocenters. The van der Waals surface area contributed by atoms with E-state index in [1.54, 1.807) is 12.5 Å². The lowest BCUT2D eigenvalue weighted by Gasteiger charge is -2.40. The van der Waals surface area contributed by atoms with Crippen molar-refractivity contribution in [2.45, 2.75) is 57.2 Å². The summed E-state index contributed by atoms with van der Waals surface area (Å²) >= 11 is 0. The Kier molecular flexibility index (Phi) is 8.38. The van der Waals surface area contributed by atoms with Crippen molar-refractivity contribution >= 4 is 34.4 Å². The van der Waals surface area contributed by atoms with Crippen LogP contribution in [0.25, 0.3) is 11.0 Å². The normalized spacial score (nSPS) is 21.5. The third kappa shape index (κ3) is 6.06. The van der Waals surface area contributed by atoms with Crippen LogP contribution in [0.2, 0.25) is 0 Å². The summed E-state index contributed by atoms with van der Waals surface area (Å²) in [6.45, 7) is 6.85. The highest BCUT2D eigenvalue weighted by atomic mass is 16.2. The number of hydrogen-bond acceptors (Lipinski definition) is 7. The van der Waals surface area contributed by atoms with Crippen LogP contribution in [0.4, 0.5) is 11.5 Å². The van der Waals surface area contributed by atoms with Gasteiger partial charge in [0.15, 0.2) is 0 Å². The molecule has 0 aliphatic carbocycles. The molecule has 0 saturated carbocycles. The van der Waals surface area contributed by atoms with Crippen LogP contribution in [0.1, 0.15) is 57.5 Å². The third-order valence-corrected chi connectivity index (χ3v) is 10.2. The molecule has 2 aromatic heterocycles. The summed E-state index contributed by atoms with van der Waals surface area (Å²) < 4.78 is 1.97. The minimum atomic E-state index is -0.100. The maximum atomic E-state index is 13.3. The van der Waals surface area contributed by atoms with Gasteiger partial charge in [0.1, 0.15) is 5.82 Å². The van der Waals surface area contributed by atoms with Crippen molar-refractivity contribution in [1.29, 1.82) is 0 Å². The minimum absolute atomic E-state index is 0.0286. The number of nitrogens with zero attached hydrogens (tertiary/aromatic N) is 6. The van der Waals surface area contributed by atoms with Crippen molar-refractivity contribution in [1.82, 2.24) is 30.1 Å². The molecule has 0 spiro atoms. The minimum Gasteiger partial charge on any atom is -0.369 e. The van der Waals surface area contributed by atoms with Gasteiger partial charge in [0.05, 0.1) is 22.9 Å². The Morgan fingerprint density at radius 3 is 2.30 bits per heavy atom. The molecular formula is C36H44N8O2. The van der Waals surface area contributed by atoms with E-state index in [4.69, 9.17) is 4.98 Å². The first-order valence-electron chi connectivity index (χ1n) is 16.6. The quantitative estimate of drug-likeness (QED) is 0.308. The van der Waals surface area contributed by atoms with Crippen LogP contribution in [-0.2, 0) is 13.5 Å². The van der Waals surface area contributed by atoms with Gasteiger partial charge in [-0.3, -0.25) is 9.59 Å². The lowest BCUT2D eigenvalue weighted by molar-refractivity contribution is 0.0924. The van der Waals surface area contributed by atoms with Crippen LogP contribution in [0.15, 0.2) is 61.1 Å². The number of fused-ring (bicyclic) bond motifs is 3. The highest BCUT2D eigenvalue weighted by Gasteiger charge is 2.42. The second kappa shape index (κ2) is 12.7. The van der Waals surface area contributed by atoms with Crippen molar-refractivity contribution < 1.29 is 9.59 Å².